The van der Waals surface area contributed by atoms with Crippen molar-refractivity contribution in [1.29, 1.82) is 0 Å². The number of amides is 2. The molecule has 0 aliphatic rings. The molecule has 1 aromatic heterocycles. The van der Waals surface area contributed by atoms with Crippen molar-refractivity contribution < 1.29 is 14.0 Å². The largest absolute Gasteiger partial charge is 0.340 e. The van der Waals surface area contributed by atoms with Crippen LogP contribution in [-0.2, 0) is 4.79 Å². The van der Waals surface area contributed by atoms with Crippen molar-refractivity contribution >= 4 is 28.3 Å². The van der Waals surface area contributed by atoms with E-state index in [0.717, 1.165) is 0 Å². The molecule has 0 saturated carbocycles. The summed E-state index contributed by atoms with van der Waals surface area (Å²) in [5, 5.41) is 13.5. The number of carbonyl (C=O) groups is 2. The zero-order valence-corrected chi connectivity index (χ0v) is 12.2. The number of carbonyl (C=O) groups excluding carboxylic acids is 2. The molecule has 21 heavy (non-hydrogen) atoms. The summed E-state index contributed by atoms with van der Waals surface area (Å²) < 4.78 is 13.5. The van der Waals surface area contributed by atoms with Crippen molar-refractivity contribution in [2.24, 2.45) is 0 Å². The molecule has 0 aliphatic heterocycles. The fourth-order valence-corrected chi connectivity index (χ4v) is 2.14. The smallest absolute Gasteiger partial charge is 0.254 e. The Morgan fingerprint density at radius 1 is 1.29 bits per heavy atom. The van der Waals surface area contributed by atoms with Crippen molar-refractivity contribution in [3.05, 3.63) is 40.7 Å². The molecule has 2 amide bonds. The van der Waals surface area contributed by atoms with Gasteiger partial charge in [0.15, 0.2) is 0 Å². The summed E-state index contributed by atoms with van der Waals surface area (Å²) in [6.45, 7) is 3.26. The number of hydrogen-bond acceptors (Lipinski definition) is 5. The first-order valence-corrected chi connectivity index (χ1v) is 6.95. The van der Waals surface area contributed by atoms with Gasteiger partial charge in [-0.05, 0) is 26.0 Å². The Morgan fingerprint density at radius 2 is 2.00 bits per heavy atom. The molecule has 1 aromatic carbocycles. The van der Waals surface area contributed by atoms with Gasteiger partial charge >= 0.3 is 0 Å². The number of aryl methyl sites for hydroxylation is 1. The summed E-state index contributed by atoms with van der Waals surface area (Å²) in [5.41, 5.74) is -0.107. The highest BCUT2D eigenvalue weighted by Gasteiger charge is 2.19. The van der Waals surface area contributed by atoms with Crippen molar-refractivity contribution in [3.63, 3.8) is 0 Å². The Morgan fingerprint density at radius 3 is 2.62 bits per heavy atom. The van der Waals surface area contributed by atoms with Gasteiger partial charge in [-0.2, -0.15) is 0 Å². The first-order valence-electron chi connectivity index (χ1n) is 6.13. The summed E-state index contributed by atoms with van der Waals surface area (Å²) in [6.07, 6.45) is 0. The molecule has 110 valence electrons. The number of aromatic nitrogens is 2. The van der Waals surface area contributed by atoms with Gasteiger partial charge in [-0.25, -0.2) is 4.39 Å². The Bertz CT molecular complexity index is 674. The molecule has 6 nitrogen and oxygen atoms in total. The molecular weight excluding hydrogens is 295 g/mol. The van der Waals surface area contributed by atoms with E-state index >= 15 is 0 Å². The van der Waals surface area contributed by atoms with E-state index in [0.29, 0.717) is 10.1 Å². The average molecular weight is 308 g/mol. The molecule has 0 fully saturated rings. The highest BCUT2D eigenvalue weighted by atomic mass is 32.1. The number of anilines is 1. The van der Waals surface area contributed by atoms with Crippen LogP contribution in [0.15, 0.2) is 24.3 Å². The average Bonchev–Trinajstić information content (AvgIpc) is 2.84. The monoisotopic (exact) mass is 308 g/mol. The summed E-state index contributed by atoms with van der Waals surface area (Å²) in [7, 11) is 0. The number of rotatable bonds is 4. The highest BCUT2D eigenvalue weighted by Crippen LogP contribution is 2.13. The van der Waals surface area contributed by atoms with Gasteiger partial charge in [-0.3, -0.25) is 14.9 Å². The topological polar surface area (TPSA) is 84.0 Å². The van der Waals surface area contributed by atoms with E-state index in [4.69, 9.17) is 0 Å². The fourth-order valence-electron chi connectivity index (χ4n) is 1.55. The van der Waals surface area contributed by atoms with E-state index in [9.17, 15) is 14.0 Å². The standard InChI is InChI=1S/C13H13FN4O2S/c1-7(11(19)16-13-18-17-8(2)21-13)15-12(20)9-5-3-4-6-10(9)14/h3-7H,1-2H3,(H,15,20)(H,16,18,19)/t7-/m1/s1. The van der Waals surface area contributed by atoms with Gasteiger partial charge in [0.1, 0.15) is 16.9 Å². The zero-order chi connectivity index (χ0) is 15.4. The maximum Gasteiger partial charge on any atom is 0.254 e. The number of nitrogens with one attached hydrogen (secondary N) is 2. The highest BCUT2D eigenvalue weighted by molar-refractivity contribution is 7.15. The molecule has 1 atom stereocenters. The molecule has 0 spiro atoms. The van der Waals surface area contributed by atoms with Crippen LogP contribution in [0, 0.1) is 12.7 Å². The lowest BCUT2D eigenvalue weighted by molar-refractivity contribution is -0.117. The van der Waals surface area contributed by atoms with Crippen LogP contribution >= 0.6 is 11.3 Å². The van der Waals surface area contributed by atoms with Crippen molar-refractivity contribution in [3.8, 4) is 0 Å². The van der Waals surface area contributed by atoms with Crippen LogP contribution in [0.25, 0.3) is 0 Å². The van der Waals surface area contributed by atoms with E-state index in [1.807, 2.05) is 0 Å². The molecule has 2 aromatic rings. The Balaban J connectivity index is 1.97. The lowest BCUT2D eigenvalue weighted by Crippen LogP contribution is -2.41. The summed E-state index contributed by atoms with van der Waals surface area (Å²) in [6, 6.07) is 4.74. The quantitative estimate of drug-likeness (QED) is 0.901. The van der Waals surface area contributed by atoms with Gasteiger partial charge in [-0.1, -0.05) is 23.5 Å². The third-order valence-corrected chi connectivity index (χ3v) is 3.37. The van der Waals surface area contributed by atoms with E-state index in [1.165, 1.54) is 36.5 Å². The third-order valence-electron chi connectivity index (χ3n) is 2.62. The number of hydrogen-bond donors (Lipinski definition) is 2. The minimum Gasteiger partial charge on any atom is -0.340 e. The van der Waals surface area contributed by atoms with Gasteiger partial charge < -0.3 is 5.32 Å². The van der Waals surface area contributed by atoms with E-state index in [2.05, 4.69) is 20.8 Å². The van der Waals surface area contributed by atoms with Gasteiger partial charge in [0.2, 0.25) is 11.0 Å². The van der Waals surface area contributed by atoms with Crippen LogP contribution in [0.5, 0.6) is 0 Å². The van der Waals surface area contributed by atoms with Crippen LogP contribution in [0.3, 0.4) is 0 Å². The van der Waals surface area contributed by atoms with Gasteiger partial charge in [-0.15, -0.1) is 10.2 Å². The first-order chi connectivity index (χ1) is 9.97. The number of nitrogens with zero attached hydrogens (tertiary/aromatic N) is 2. The van der Waals surface area contributed by atoms with Crippen LogP contribution in [0.1, 0.15) is 22.3 Å². The lowest BCUT2D eigenvalue weighted by Gasteiger charge is -2.13. The zero-order valence-electron chi connectivity index (χ0n) is 11.4. The van der Waals surface area contributed by atoms with E-state index in [-0.39, 0.29) is 5.56 Å². The SMILES string of the molecule is Cc1nnc(NC(=O)[C@@H](C)NC(=O)c2ccccc2F)s1. The number of halogens is 1. The molecule has 2 rings (SSSR count). The summed E-state index contributed by atoms with van der Waals surface area (Å²) >= 11 is 1.22. The predicted octanol–water partition coefficient (Wildman–Crippen LogP) is 1.74. The summed E-state index contributed by atoms with van der Waals surface area (Å²) in [5.74, 6) is -1.73. The minimum atomic E-state index is -0.832. The first kappa shape index (κ1) is 15.0. The molecule has 0 bridgehead atoms. The molecular formula is C13H13FN4O2S. The number of benzene rings is 1. The van der Waals surface area contributed by atoms with Crippen molar-refractivity contribution in [2.45, 2.75) is 19.9 Å². The molecule has 2 N–H and O–H groups in total. The van der Waals surface area contributed by atoms with E-state index in [1.54, 1.807) is 13.0 Å². The van der Waals surface area contributed by atoms with Crippen LogP contribution in [0.2, 0.25) is 0 Å². The van der Waals surface area contributed by atoms with Gasteiger partial charge in [0, 0.05) is 0 Å². The second kappa shape index (κ2) is 6.40. The van der Waals surface area contributed by atoms with Gasteiger partial charge in [0.05, 0.1) is 5.56 Å². The Hall–Kier alpha value is -2.35. The van der Waals surface area contributed by atoms with E-state index < -0.39 is 23.7 Å². The molecule has 0 aliphatic carbocycles. The second-order valence-electron chi connectivity index (χ2n) is 4.29. The molecule has 8 heteroatoms. The molecule has 0 unspecified atom stereocenters. The van der Waals surface area contributed by atoms with Crippen molar-refractivity contribution in [1.82, 2.24) is 15.5 Å². The molecule has 0 saturated heterocycles. The fraction of sp³-hybridized carbons (Fsp3) is 0.231. The minimum absolute atomic E-state index is 0.107. The second-order valence-corrected chi connectivity index (χ2v) is 5.47. The Labute approximate surface area is 124 Å². The third kappa shape index (κ3) is 3.82. The summed E-state index contributed by atoms with van der Waals surface area (Å²) in [4.78, 5) is 23.8. The predicted molar refractivity (Wildman–Crippen MR) is 76.6 cm³/mol. The lowest BCUT2D eigenvalue weighted by atomic mass is 10.2. The maximum absolute atomic E-state index is 13.5. The Kier molecular flexibility index (Phi) is 4.59. The molecule has 0 radical (unpaired) electrons. The molecule has 1 heterocycles. The van der Waals surface area contributed by atoms with Crippen molar-refractivity contribution in [2.75, 3.05) is 5.32 Å². The van der Waals surface area contributed by atoms with Crippen LogP contribution in [-0.4, -0.2) is 28.1 Å². The normalized spacial score (nSPS) is 11.8. The van der Waals surface area contributed by atoms with Crippen LogP contribution in [0.4, 0.5) is 9.52 Å². The van der Waals surface area contributed by atoms with Crippen LogP contribution < -0.4 is 10.6 Å². The van der Waals surface area contributed by atoms with Gasteiger partial charge in [0.25, 0.3) is 5.91 Å². The maximum atomic E-state index is 13.5.